The molecule has 0 bridgehead atoms. The first-order chi connectivity index (χ1) is 9.31. The first-order valence-electron chi connectivity index (χ1n) is 8.42. The number of likely N-dealkylation sites (N-methyl/N-ethyl adjacent to an activating group) is 1. The van der Waals surface area contributed by atoms with Gasteiger partial charge in [0.15, 0.2) is 0 Å². The van der Waals surface area contributed by atoms with Gasteiger partial charge in [-0.2, -0.15) is 0 Å². The average molecular weight is 281 g/mol. The lowest BCUT2D eigenvalue weighted by molar-refractivity contribution is -0.0462. The lowest BCUT2D eigenvalue weighted by atomic mass is 9.62. The number of likely N-dealkylation sites (tertiary alicyclic amines) is 1. The zero-order chi connectivity index (χ0) is 15.0. The van der Waals surface area contributed by atoms with Gasteiger partial charge in [0.25, 0.3) is 0 Å². The van der Waals surface area contributed by atoms with E-state index in [1.807, 2.05) is 0 Å². The molecule has 20 heavy (non-hydrogen) atoms. The summed E-state index contributed by atoms with van der Waals surface area (Å²) < 4.78 is 0. The van der Waals surface area contributed by atoms with Gasteiger partial charge in [-0.3, -0.25) is 4.90 Å². The van der Waals surface area contributed by atoms with E-state index in [0.29, 0.717) is 17.4 Å². The number of hydrogen-bond acceptors (Lipinski definition) is 3. The van der Waals surface area contributed by atoms with Gasteiger partial charge < -0.3 is 10.6 Å². The molecule has 2 rings (SSSR count). The molecule has 0 aromatic rings. The van der Waals surface area contributed by atoms with Gasteiger partial charge in [0.1, 0.15) is 0 Å². The van der Waals surface area contributed by atoms with Crippen molar-refractivity contribution < 1.29 is 0 Å². The van der Waals surface area contributed by atoms with Crippen LogP contribution in [0.2, 0.25) is 0 Å². The van der Waals surface area contributed by atoms with E-state index in [4.69, 9.17) is 5.73 Å². The molecule has 0 aromatic heterocycles. The third-order valence-electron chi connectivity index (χ3n) is 6.12. The van der Waals surface area contributed by atoms with Crippen LogP contribution in [0.1, 0.15) is 52.9 Å². The fraction of sp³-hybridized carbons (Fsp3) is 1.00. The second-order valence-electron chi connectivity index (χ2n) is 8.28. The molecular weight excluding hydrogens is 246 g/mol. The number of nitrogens with two attached hydrogens (primary N) is 1. The zero-order valence-corrected chi connectivity index (χ0v) is 14.3. The maximum absolute atomic E-state index is 6.31. The van der Waals surface area contributed by atoms with Gasteiger partial charge in [-0.1, -0.05) is 20.8 Å². The highest BCUT2D eigenvalue weighted by Crippen LogP contribution is 2.46. The summed E-state index contributed by atoms with van der Waals surface area (Å²) in [6, 6.07) is 0.703. The molecule has 2 fully saturated rings. The molecule has 1 heterocycles. The van der Waals surface area contributed by atoms with E-state index in [0.717, 1.165) is 6.54 Å². The van der Waals surface area contributed by atoms with Gasteiger partial charge >= 0.3 is 0 Å². The third-order valence-corrected chi connectivity index (χ3v) is 6.12. The van der Waals surface area contributed by atoms with E-state index in [1.54, 1.807) is 0 Å². The van der Waals surface area contributed by atoms with Crippen LogP contribution in [0.3, 0.4) is 0 Å². The summed E-state index contributed by atoms with van der Waals surface area (Å²) >= 11 is 0. The number of nitrogens with zero attached hydrogens (tertiary/aromatic N) is 2. The van der Waals surface area contributed by atoms with Crippen LogP contribution in [-0.4, -0.2) is 55.1 Å². The molecule has 3 heteroatoms. The van der Waals surface area contributed by atoms with E-state index in [9.17, 15) is 0 Å². The maximum atomic E-state index is 6.31. The first-order valence-corrected chi connectivity index (χ1v) is 8.42. The molecule has 118 valence electrons. The van der Waals surface area contributed by atoms with Crippen LogP contribution < -0.4 is 5.73 Å². The fourth-order valence-electron chi connectivity index (χ4n) is 4.61. The summed E-state index contributed by atoms with van der Waals surface area (Å²) in [6.45, 7) is 10.5. The van der Waals surface area contributed by atoms with Crippen LogP contribution in [0, 0.1) is 11.3 Å². The lowest BCUT2D eigenvalue weighted by Gasteiger charge is -2.56. The molecular formula is C17H35N3. The number of hydrogen-bond donors (Lipinski definition) is 1. The van der Waals surface area contributed by atoms with Crippen molar-refractivity contribution in [1.82, 2.24) is 9.80 Å². The van der Waals surface area contributed by atoms with Gasteiger partial charge in [0.05, 0.1) is 0 Å². The Kier molecular flexibility index (Phi) is 4.83. The van der Waals surface area contributed by atoms with Crippen LogP contribution in [0.5, 0.6) is 0 Å². The Bertz CT molecular complexity index is 326. The summed E-state index contributed by atoms with van der Waals surface area (Å²) in [5.41, 5.74) is 7.06. The normalized spacial score (nSPS) is 39.1. The lowest BCUT2D eigenvalue weighted by Crippen LogP contribution is -2.64. The molecule has 0 radical (unpaired) electrons. The fourth-order valence-corrected chi connectivity index (χ4v) is 4.61. The van der Waals surface area contributed by atoms with Gasteiger partial charge in [0.2, 0.25) is 0 Å². The molecule has 2 aliphatic rings. The molecule has 3 nitrogen and oxygen atoms in total. The van der Waals surface area contributed by atoms with Crippen molar-refractivity contribution in [3.05, 3.63) is 0 Å². The summed E-state index contributed by atoms with van der Waals surface area (Å²) in [5.74, 6) is 0.706. The molecule has 1 saturated carbocycles. The van der Waals surface area contributed by atoms with Crippen molar-refractivity contribution in [3.8, 4) is 0 Å². The van der Waals surface area contributed by atoms with Crippen LogP contribution >= 0.6 is 0 Å². The zero-order valence-electron chi connectivity index (χ0n) is 14.3. The van der Waals surface area contributed by atoms with Crippen molar-refractivity contribution in [2.45, 2.75) is 64.5 Å². The topological polar surface area (TPSA) is 32.5 Å². The van der Waals surface area contributed by atoms with Gasteiger partial charge in [-0.05, 0) is 64.1 Å². The molecule has 1 aliphatic carbocycles. The van der Waals surface area contributed by atoms with Gasteiger partial charge in [-0.25, -0.2) is 0 Å². The third kappa shape index (κ3) is 3.05. The largest absolute Gasteiger partial charge is 0.329 e. The SMILES string of the molecule is CC1CC(C)(C)CCC1(CN)N1CCCC(N(C)C)C1. The molecule has 1 aliphatic heterocycles. The monoisotopic (exact) mass is 281 g/mol. The van der Waals surface area contributed by atoms with Crippen molar-refractivity contribution in [2.24, 2.45) is 17.1 Å². The highest BCUT2D eigenvalue weighted by Gasteiger charge is 2.47. The highest BCUT2D eigenvalue weighted by molar-refractivity contribution is 5.03. The number of piperidine rings is 1. The van der Waals surface area contributed by atoms with E-state index in [2.05, 4.69) is 44.7 Å². The summed E-state index contributed by atoms with van der Waals surface area (Å²) in [6.07, 6.45) is 6.56. The Hall–Kier alpha value is -0.120. The Morgan fingerprint density at radius 1 is 1.25 bits per heavy atom. The first kappa shape index (κ1) is 16.3. The van der Waals surface area contributed by atoms with Gasteiger partial charge in [-0.15, -0.1) is 0 Å². The molecule has 0 spiro atoms. The quantitative estimate of drug-likeness (QED) is 0.863. The second-order valence-corrected chi connectivity index (χ2v) is 8.28. The van der Waals surface area contributed by atoms with E-state index >= 15 is 0 Å². The van der Waals surface area contributed by atoms with Gasteiger partial charge in [0, 0.05) is 24.7 Å². The predicted molar refractivity (Wildman–Crippen MR) is 86.9 cm³/mol. The molecule has 0 amide bonds. The Morgan fingerprint density at radius 2 is 1.95 bits per heavy atom. The Morgan fingerprint density at radius 3 is 2.50 bits per heavy atom. The molecule has 1 saturated heterocycles. The maximum Gasteiger partial charge on any atom is 0.0358 e. The van der Waals surface area contributed by atoms with Crippen molar-refractivity contribution >= 4 is 0 Å². The predicted octanol–water partition coefficient (Wildman–Crippen LogP) is 2.56. The van der Waals surface area contributed by atoms with Crippen molar-refractivity contribution in [1.29, 1.82) is 0 Å². The van der Waals surface area contributed by atoms with Crippen LogP contribution in [-0.2, 0) is 0 Å². The summed E-state index contributed by atoms with van der Waals surface area (Å²) in [4.78, 5) is 5.15. The van der Waals surface area contributed by atoms with Crippen LogP contribution in [0.4, 0.5) is 0 Å². The number of rotatable bonds is 3. The molecule has 3 atom stereocenters. The van der Waals surface area contributed by atoms with Crippen LogP contribution in [0.25, 0.3) is 0 Å². The molecule has 0 aromatic carbocycles. The van der Waals surface area contributed by atoms with Crippen molar-refractivity contribution in [2.75, 3.05) is 33.7 Å². The molecule has 2 N–H and O–H groups in total. The van der Waals surface area contributed by atoms with E-state index in [-0.39, 0.29) is 5.54 Å². The highest BCUT2D eigenvalue weighted by atomic mass is 15.3. The Balaban J connectivity index is 2.14. The Labute approximate surface area is 125 Å². The molecule has 3 unspecified atom stereocenters. The summed E-state index contributed by atoms with van der Waals surface area (Å²) in [5, 5.41) is 0. The summed E-state index contributed by atoms with van der Waals surface area (Å²) in [7, 11) is 4.44. The van der Waals surface area contributed by atoms with Crippen molar-refractivity contribution in [3.63, 3.8) is 0 Å². The smallest absolute Gasteiger partial charge is 0.0358 e. The minimum absolute atomic E-state index is 0.254. The average Bonchev–Trinajstić information content (AvgIpc) is 2.39. The minimum Gasteiger partial charge on any atom is -0.329 e. The second kappa shape index (κ2) is 5.94. The standard InChI is InChI=1S/C17H35N3/c1-14-11-16(2,3)8-9-17(14,13-18)20-10-6-7-15(12-20)19(4)5/h14-15H,6-13,18H2,1-5H3. The minimum atomic E-state index is 0.254. The van der Waals surface area contributed by atoms with E-state index < -0.39 is 0 Å². The van der Waals surface area contributed by atoms with Crippen LogP contribution in [0.15, 0.2) is 0 Å². The van der Waals surface area contributed by atoms with E-state index in [1.165, 1.54) is 45.2 Å².